The molecular formula is C14H18ClN3O2S. The van der Waals surface area contributed by atoms with Gasteiger partial charge in [-0.2, -0.15) is 0 Å². The standard InChI is InChI=1S/C14H18ClN3O2S/c1-8(18-13(19)20-14(2,3)4)5-9-6-10-11(21-9)12(15)17-7-16-10/h6-8H,5H2,1-4H3,(H,18,19)/t8-/m1/s1. The van der Waals surface area contributed by atoms with Crippen LogP contribution in [0.2, 0.25) is 5.15 Å². The molecule has 114 valence electrons. The van der Waals surface area contributed by atoms with Crippen LogP contribution in [-0.2, 0) is 11.2 Å². The van der Waals surface area contributed by atoms with Gasteiger partial charge in [0.1, 0.15) is 17.1 Å². The predicted octanol–water partition coefficient (Wildman–Crippen LogP) is 3.80. The third kappa shape index (κ3) is 4.54. The molecule has 0 fully saturated rings. The monoisotopic (exact) mass is 327 g/mol. The molecule has 2 rings (SSSR count). The van der Waals surface area contributed by atoms with Crippen LogP contribution in [0.1, 0.15) is 32.6 Å². The van der Waals surface area contributed by atoms with Crippen LogP contribution in [0.4, 0.5) is 4.79 Å². The molecule has 2 aromatic heterocycles. The van der Waals surface area contributed by atoms with Crippen LogP contribution in [0.5, 0.6) is 0 Å². The summed E-state index contributed by atoms with van der Waals surface area (Å²) in [5, 5.41) is 3.28. The SMILES string of the molecule is C[C@H](Cc1cc2ncnc(Cl)c2s1)NC(=O)OC(C)(C)C. The van der Waals surface area contributed by atoms with Gasteiger partial charge in [0.15, 0.2) is 0 Å². The molecule has 2 heterocycles. The van der Waals surface area contributed by atoms with Crippen LogP contribution < -0.4 is 5.32 Å². The van der Waals surface area contributed by atoms with E-state index in [0.717, 1.165) is 15.1 Å². The zero-order valence-electron chi connectivity index (χ0n) is 12.4. The molecule has 0 bridgehead atoms. The number of nitrogens with one attached hydrogen (secondary N) is 1. The first-order chi connectivity index (χ1) is 9.74. The Morgan fingerprint density at radius 1 is 1.48 bits per heavy atom. The molecule has 0 aliphatic rings. The zero-order chi connectivity index (χ0) is 15.6. The summed E-state index contributed by atoms with van der Waals surface area (Å²) in [6.45, 7) is 7.44. The zero-order valence-corrected chi connectivity index (χ0v) is 14.0. The number of fused-ring (bicyclic) bond motifs is 1. The van der Waals surface area contributed by atoms with Gasteiger partial charge >= 0.3 is 6.09 Å². The van der Waals surface area contributed by atoms with Crippen LogP contribution in [0.3, 0.4) is 0 Å². The molecule has 0 aliphatic carbocycles. The van der Waals surface area contributed by atoms with Gasteiger partial charge in [-0.3, -0.25) is 0 Å². The van der Waals surface area contributed by atoms with Crippen molar-refractivity contribution in [2.75, 3.05) is 0 Å². The molecular weight excluding hydrogens is 310 g/mol. The normalized spacial score (nSPS) is 13.2. The lowest BCUT2D eigenvalue weighted by Crippen LogP contribution is -2.38. The second kappa shape index (κ2) is 6.15. The van der Waals surface area contributed by atoms with Crippen LogP contribution in [0, 0.1) is 0 Å². The third-order valence-corrected chi connectivity index (χ3v) is 4.14. The molecule has 0 saturated heterocycles. The first kappa shape index (κ1) is 16.0. The van der Waals surface area contributed by atoms with Crippen molar-refractivity contribution in [3.05, 3.63) is 22.4 Å². The highest BCUT2D eigenvalue weighted by atomic mass is 35.5. The fraction of sp³-hybridized carbons (Fsp3) is 0.500. The van der Waals surface area contributed by atoms with E-state index in [2.05, 4.69) is 15.3 Å². The second-order valence-corrected chi connectivity index (χ2v) is 7.34. The summed E-state index contributed by atoms with van der Waals surface area (Å²) in [5.74, 6) is 0. The van der Waals surface area contributed by atoms with Crippen molar-refractivity contribution >= 4 is 39.2 Å². The number of carbonyl (C=O) groups is 1. The first-order valence-electron chi connectivity index (χ1n) is 6.63. The number of carbonyl (C=O) groups excluding carboxylic acids is 1. The van der Waals surface area contributed by atoms with Crippen LogP contribution in [0.25, 0.3) is 10.2 Å². The van der Waals surface area contributed by atoms with E-state index < -0.39 is 11.7 Å². The highest BCUT2D eigenvalue weighted by molar-refractivity contribution is 7.19. The summed E-state index contributed by atoms with van der Waals surface area (Å²) in [7, 11) is 0. The van der Waals surface area contributed by atoms with E-state index in [1.54, 1.807) is 11.3 Å². The van der Waals surface area contributed by atoms with Gasteiger partial charge < -0.3 is 10.1 Å². The minimum Gasteiger partial charge on any atom is -0.444 e. The molecule has 0 aromatic carbocycles. The van der Waals surface area contributed by atoms with E-state index in [0.29, 0.717) is 11.6 Å². The van der Waals surface area contributed by atoms with Gasteiger partial charge in [-0.1, -0.05) is 11.6 Å². The number of amides is 1. The number of thiophene rings is 1. The molecule has 0 aliphatic heterocycles. The molecule has 21 heavy (non-hydrogen) atoms. The van der Waals surface area contributed by atoms with Crippen molar-refractivity contribution in [3.8, 4) is 0 Å². The fourth-order valence-corrected chi connectivity index (χ4v) is 3.21. The van der Waals surface area contributed by atoms with Crippen molar-refractivity contribution < 1.29 is 9.53 Å². The van der Waals surface area contributed by atoms with Gasteiger partial charge in [-0.15, -0.1) is 11.3 Å². The summed E-state index contributed by atoms with van der Waals surface area (Å²) >= 11 is 7.58. The Morgan fingerprint density at radius 3 is 2.81 bits per heavy atom. The number of hydrogen-bond acceptors (Lipinski definition) is 5. The van der Waals surface area contributed by atoms with Crippen molar-refractivity contribution in [1.29, 1.82) is 0 Å². The van der Waals surface area contributed by atoms with Crippen LogP contribution in [-0.4, -0.2) is 27.7 Å². The molecule has 1 amide bonds. The number of nitrogens with zero attached hydrogens (tertiary/aromatic N) is 2. The van der Waals surface area contributed by atoms with Crippen molar-refractivity contribution in [2.45, 2.75) is 45.8 Å². The van der Waals surface area contributed by atoms with Gasteiger partial charge in [0, 0.05) is 17.3 Å². The Morgan fingerprint density at radius 2 is 2.19 bits per heavy atom. The van der Waals surface area contributed by atoms with Crippen molar-refractivity contribution in [3.63, 3.8) is 0 Å². The maximum Gasteiger partial charge on any atom is 0.407 e. The minimum atomic E-state index is -0.496. The fourth-order valence-electron chi connectivity index (χ4n) is 1.84. The van der Waals surface area contributed by atoms with Crippen LogP contribution >= 0.6 is 22.9 Å². The van der Waals surface area contributed by atoms with Gasteiger partial charge in [0.25, 0.3) is 0 Å². The Balaban J connectivity index is 2.00. The van der Waals surface area contributed by atoms with Gasteiger partial charge in [0.2, 0.25) is 0 Å². The Labute approximate surface area is 132 Å². The number of alkyl carbamates (subject to hydrolysis) is 1. The summed E-state index contributed by atoms with van der Waals surface area (Å²) in [6, 6.07) is 1.93. The lowest BCUT2D eigenvalue weighted by molar-refractivity contribution is 0.0509. The topological polar surface area (TPSA) is 64.1 Å². The van der Waals surface area contributed by atoms with E-state index in [9.17, 15) is 4.79 Å². The molecule has 1 N–H and O–H groups in total. The Kier molecular flexibility index (Phi) is 4.68. The quantitative estimate of drug-likeness (QED) is 0.871. The Bertz CT molecular complexity index is 651. The van der Waals surface area contributed by atoms with E-state index in [4.69, 9.17) is 16.3 Å². The third-order valence-electron chi connectivity index (χ3n) is 2.59. The number of hydrogen-bond donors (Lipinski definition) is 1. The minimum absolute atomic E-state index is 0.0420. The molecule has 0 spiro atoms. The molecule has 7 heteroatoms. The summed E-state index contributed by atoms with van der Waals surface area (Å²) in [5.41, 5.74) is 0.337. The highest BCUT2D eigenvalue weighted by Gasteiger charge is 2.18. The van der Waals surface area contributed by atoms with E-state index in [1.165, 1.54) is 6.33 Å². The average Bonchev–Trinajstić information content (AvgIpc) is 2.69. The predicted molar refractivity (Wildman–Crippen MR) is 85.0 cm³/mol. The smallest absolute Gasteiger partial charge is 0.407 e. The van der Waals surface area contributed by atoms with Crippen LogP contribution in [0.15, 0.2) is 12.4 Å². The van der Waals surface area contributed by atoms with Crippen molar-refractivity contribution in [1.82, 2.24) is 15.3 Å². The summed E-state index contributed by atoms with van der Waals surface area (Å²) in [6.07, 6.45) is 1.73. The highest BCUT2D eigenvalue weighted by Crippen LogP contribution is 2.29. The molecule has 5 nitrogen and oxygen atoms in total. The lowest BCUT2D eigenvalue weighted by Gasteiger charge is -2.21. The maximum absolute atomic E-state index is 11.7. The largest absolute Gasteiger partial charge is 0.444 e. The van der Waals surface area contributed by atoms with Crippen molar-refractivity contribution in [2.24, 2.45) is 0 Å². The molecule has 1 atom stereocenters. The number of ether oxygens (including phenoxy) is 1. The van der Waals surface area contributed by atoms with Gasteiger partial charge in [0.05, 0.1) is 10.2 Å². The van der Waals surface area contributed by atoms with E-state index in [-0.39, 0.29) is 6.04 Å². The van der Waals surface area contributed by atoms with Gasteiger partial charge in [-0.25, -0.2) is 14.8 Å². The maximum atomic E-state index is 11.7. The number of aromatic nitrogens is 2. The van der Waals surface area contributed by atoms with Gasteiger partial charge in [-0.05, 0) is 33.8 Å². The summed E-state index contributed by atoms with van der Waals surface area (Å²) in [4.78, 5) is 21.0. The number of rotatable bonds is 3. The molecule has 2 aromatic rings. The Hall–Kier alpha value is -1.40. The first-order valence-corrected chi connectivity index (χ1v) is 7.82. The second-order valence-electron chi connectivity index (χ2n) is 5.84. The molecule has 0 unspecified atom stereocenters. The number of halogens is 1. The van der Waals surface area contributed by atoms with E-state index in [1.807, 2.05) is 33.8 Å². The lowest BCUT2D eigenvalue weighted by atomic mass is 10.2. The average molecular weight is 328 g/mol. The summed E-state index contributed by atoms with van der Waals surface area (Å²) < 4.78 is 6.11. The van der Waals surface area contributed by atoms with E-state index >= 15 is 0 Å². The molecule has 0 saturated carbocycles. The molecule has 0 radical (unpaired) electrons.